The summed E-state index contributed by atoms with van der Waals surface area (Å²) < 4.78 is 12.6. The number of fused-ring (bicyclic) bond motifs is 1. The fourth-order valence-electron chi connectivity index (χ4n) is 2.81. The molecule has 1 heterocycles. The lowest BCUT2D eigenvalue weighted by Crippen LogP contribution is -2.21. The van der Waals surface area contributed by atoms with Crippen LogP contribution in [0, 0.1) is 11.3 Å². The summed E-state index contributed by atoms with van der Waals surface area (Å²) in [6.45, 7) is 4.01. The van der Waals surface area contributed by atoms with Crippen molar-refractivity contribution in [1.82, 2.24) is 0 Å². The summed E-state index contributed by atoms with van der Waals surface area (Å²) in [5.74, 6) is 0.722. The second-order valence-electron chi connectivity index (χ2n) is 5.56. The second-order valence-corrected chi connectivity index (χ2v) is 7.27. The number of phenols is 1. The Hall–Kier alpha value is -2.43. The number of benzene rings is 2. The summed E-state index contributed by atoms with van der Waals surface area (Å²) in [4.78, 5) is 0. The molecule has 0 saturated heterocycles. The molecule has 0 aromatic heterocycles. The van der Waals surface area contributed by atoms with Crippen LogP contribution in [0.3, 0.4) is 0 Å². The minimum absolute atomic E-state index is 0.0230. The van der Waals surface area contributed by atoms with E-state index < -0.39 is 5.92 Å². The van der Waals surface area contributed by atoms with Crippen LogP contribution in [0.25, 0.3) is 0 Å². The van der Waals surface area contributed by atoms with Gasteiger partial charge in [0.2, 0.25) is 5.88 Å². The standard InChI is InChI=1S/C19H14Br2N2O3/c1-2-5-25-18-14(20)6-10(7-15(18)21)17-12-4-3-11(24)8-16(12)26-19(23)13(17)9-22/h2-4,6-8,17,24H,1,5,23H2/t17-/m1/s1. The van der Waals surface area contributed by atoms with Gasteiger partial charge in [-0.1, -0.05) is 18.7 Å². The molecule has 0 fully saturated rings. The zero-order chi connectivity index (χ0) is 18.8. The molecule has 7 heteroatoms. The minimum Gasteiger partial charge on any atom is -0.508 e. The van der Waals surface area contributed by atoms with E-state index in [1.54, 1.807) is 18.2 Å². The van der Waals surface area contributed by atoms with Crippen molar-refractivity contribution in [3.8, 4) is 23.3 Å². The predicted molar refractivity (Wildman–Crippen MR) is 105 cm³/mol. The van der Waals surface area contributed by atoms with Crippen molar-refractivity contribution in [1.29, 1.82) is 5.26 Å². The molecule has 0 unspecified atom stereocenters. The highest BCUT2D eigenvalue weighted by atomic mass is 79.9. The molecule has 0 bridgehead atoms. The van der Waals surface area contributed by atoms with E-state index in [9.17, 15) is 10.4 Å². The molecule has 0 amide bonds. The van der Waals surface area contributed by atoms with Crippen molar-refractivity contribution >= 4 is 31.9 Å². The summed E-state index contributed by atoms with van der Waals surface area (Å²) in [5.41, 5.74) is 7.82. The third kappa shape index (κ3) is 3.30. The van der Waals surface area contributed by atoms with Gasteiger partial charge in [-0.05, 0) is 55.6 Å². The van der Waals surface area contributed by atoms with Gasteiger partial charge in [0.1, 0.15) is 35.5 Å². The Balaban J connectivity index is 2.16. The maximum Gasteiger partial charge on any atom is 0.205 e. The number of nitrogens with zero attached hydrogens (tertiary/aromatic N) is 1. The van der Waals surface area contributed by atoms with Crippen LogP contribution in [0.4, 0.5) is 0 Å². The van der Waals surface area contributed by atoms with Gasteiger partial charge in [0.25, 0.3) is 0 Å². The monoisotopic (exact) mass is 476 g/mol. The molecule has 5 nitrogen and oxygen atoms in total. The highest BCUT2D eigenvalue weighted by Gasteiger charge is 2.31. The summed E-state index contributed by atoms with van der Waals surface area (Å²) in [6, 6.07) is 10.6. The number of allylic oxidation sites excluding steroid dienone is 1. The van der Waals surface area contributed by atoms with Crippen molar-refractivity contribution in [2.75, 3.05) is 6.61 Å². The fourth-order valence-corrected chi connectivity index (χ4v) is 4.26. The average Bonchev–Trinajstić information content (AvgIpc) is 2.59. The molecule has 0 saturated carbocycles. The average molecular weight is 478 g/mol. The number of hydrogen-bond donors (Lipinski definition) is 2. The SMILES string of the molecule is C=CCOc1c(Br)cc([C@H]2C(C#N)=C(N)Oc3cc(O)ccc32)cc1Br. The van der Waals surface area contributed by atoms with Gasteiger partial charge in [-0.25, -0.2) is 0 Å². The lowest BCUT2D eigenvalue weighted by atomic mass is 9.83. The van der Waals surface area contributed by atoms with Crippen LogP contribution in [0.1, 0.15) is 17.0 Å². The van der Waals surface area contributed by atoms with Crippen LogP contribution >= 0.6 is 31.9 Å². The highest BCUT2D eigenvalue weighted by Crippen LogP contribution is 2.46. The number of aromatic hydroxyl groups is 1. The molecule has 3 N–H and O–H groups in total. The maximum atomic E-state index is 9.72. The van der Waals surface area contributed by atoms with E-state index in [4.69, 9.17) is 15.2 Å². The summed E-state index contributed by atoms with van der Waals surface area (Å²) >= 11 is 7.03. The molecule has 26 heavy (non-hydrogen) atoms. The van der Waals surface area contributed by atoms with Gasteiger partial charge in [0.15, 0.2) is 0 Å². The van der Waals surface area contributed by atoms with E-state index >= 15 is 0 Å². The molecule has 0 spiro atoms. The second kappa shape index (κ2) is 7.44. The van der Waals surface area contributed by atoms with E-state index in [0.29, 0.717) is 23.7 Å². The van der Waals surface area contributed by atoms with Crippen LogP contribution in [-0.2, 0) is 0 Å². The molecular formula is C19H14Br2N2O3. The Morgan fingerprint density at radius 2 is 2.00 bits per heavy atom. The topological polar surface area (TPSA) is 88.5 Å². The van der Waals surface area contributed by atoms with E-state index in [1.165, 1.54) is 6.07 Å². The van der Waals surface area contributed by atoms with Crippen LogP contribution < -0.4 is 15.2 Å². The highest BCUT2D eigenvalue weighted by molar-refractivity contribution is 9.11. The first-order chi connectivity index (χ1) is 12.5. The van der Waals surface area contributed by atoms with Crippen LogP contribution in [0.15, 0.2) is 63.4 Å². The number of ether oxygens (including phenoxy) is 2. The first kappa shape index (κ1) is 18.4. The van der Waals surface area contributed by atoms with Crippen molar-refractivity contribution in [3.05, 3.63) is 74.5 Å². The minimum atomic E-state index is -0.426. The molecule has 0 aliphatic carbocycles. The first-order valence-corrected chi connectivity index (χ1v) is 9.18. The molecule has 3 rings (SSSR count). The van der Waals surface area contributed by atoms with Gasteiger partial charge in [-0.3, -0.25) is 0 Å². The van der Waals surface area contributed by atoms with Gasteiger partial charge in [-0.15, -0.1) is 0 Å². The van der Waals surface area contributed by atoms with Crippen LogP contribution in [0.5, 0.6) is 17.2 Å². The number of halogens is 2. The van der Waals surface area contributed by atoms with Gasteiger partial charge < -0.3 is 20.3 Å². The van der Waals surface area contributed by atoms with E-state index in [0.717, 1.165) is 20.1 Å². The van der Waals surface area contributed by atoms with E-state index in [2.05, 4.69) is 44.5 Å². The molecular weight excluding hydrogens is 464 g/mol. The van der Waals surface area contributed by atoms with E-state index in [1.807, 2.05) is 12.1 Å². The third-order valence-electron chi connectivity index (χ3n) is 3.90. The van der Waals surface area contributed by atoms with Crippen LogP contribution in [0.2, 0.25) is 0 Å². The Kier molecular flexibility index (Phi) is 5.25. The third-order valence-corrected chi connectivity index (χ3v) is 5.08. The van der Waals surface area contributed by atoms with Gasteiger partial charge in [-0.2, -0.15) is 5.26 Å². The first-order valence-electron chi connectivity index (χ1n) is 7.59. The Labute approximate surface area is 167 Å². The van der Waals surface area contributed by atoms with Gasteiger partial charge >= 0.3 is 0 Å². The smallest absolute Gasteiger partial charge is 0.205 e. The number of phenolic OH excluding ortho intramolecular Hbond substituents is 1. The van der Waals surface area contributed by atoms with Crippen molar-refractivity contribution < 1.29 is 14.6 Å². The van der Waals surface area contributed by atoms with Crippen LogP contribution in [-0.4, -0.2) is 11.7 Å². The van der Waals surface area contributed by atoms with Crippen molar-refractivity contribution in [3.63, 3.8) is 0 Å². The molecule has 2 aromatic carbocycles. The zero-order valence-electron chi connectivity index (χ0n) is 13.5. The predicted octanol–water partition coefficient (Wildman–Crippen LogP) is 4.70. The molecule has 0 radical (unpaired) electrons. The molecule has 132 valence electrons. The zero-order valence-corrected chi connectivity index (χ0v) is 16.7. The van der Waals surface area contributed by atoms with E-state index in [-0.39, 0.29) is 11.6 Å². The van der Waals surface area contributed by atoms with Gasteiger partial charge in [0, 0.05) is 11.6 Å². The molecule has 1 aliphatic rings. The van der Waals surface area contributed by atoms with Crippen molar-refractivity contribution in [2.45, 2.75) is 5.92 Å². The van der Waals surface area contributed by atoms with Gasteiger partial charge in [0.05, 0.1) is 14.9 Å². The number of nitriles is 1. The maximum absolute atomic E-state index is 9.72. The lowest BCUT2D eigenvalue weighted by Gasteiger charge is -2.27. The number of rotatable bonds is 4. The summed E-state index contributed by atoms with van der Waals surface area (Å²) in [5, 5.41) is 19.3. The summed E-state index contributed by atoms with van der Waals surface area (Å²) in [6.07, 6.45) is 1.66. The fraction of sp³-hybridized carbons (Fsp3) is 0.105. The normalized spacial score (nSPS) is 15.7. The largest absolute Gasteiger partial charge is 0.508 e. The molecule has 2 aromatic rings. The summed E-state index contributed by atoms with van der Waals surface area (Å²) in [7, 11) is 0. The molecule has 1 atom stereocenters. The molecule has 1 aliphatic heterocycles. The quantitative estimate of drug-likeness (QED) is 0.623. The number of nitrogens with two attached hydrogens (primary N) is 1. The Morgan fingerprint density at radius 3 is 2.62 bits per heavy atom. The lowest BCUT2D eigenvalue weighted by molar-refractivity contribution is 0.358. The Morgan fingerprint density at radius 1 is 1.31 bits per heavy atom. The number of hydrogen-bond acceptors (Lipinski definition) is 5. The van der Waals surface area contributed by atoms with Crippen molar-refractivity contribution in [2.24, 2.45) is 5.73 Å². The Bertz CT molecular complexity index is 941.